The molecule has 2 heterocycles. The first-order valence-corrected chi connectivity index (χ1v) is 11.1. The largest absolute Gasteiger partial charge is 0.395 e. The number of aromatic nitrogens is 3. The summed E-state index contributed by atoms with van der Waals surface area (Å²) in [6, 6.07) is 15.8. The Morgan fingerprint density at radius 3 is 2.15 bits per heavy atom. The molecule has 0 saturated carbocycles. The van der Waals surface area contributed by atoms with Gasteiger partial charge in [-0.3, -0.25) is 0 Å². The first-order valence-electron chi connectivity index (χ1n) is 11.1. The molecule has 8 nitrogen and oxygen atoms in total. The second kappa shape index (κ2) is 9.25. The standard InChI is InChI=1S/C25H30N6O2/c1-17-5-7-18(8-6-17)23-27-24-21(22(25(2,3)4)28-31(24)29-23)26-19-9-11-20(12-10-19)30(13-15-32)14-16-33/h5-12,32-33H,13-16H2,1-4H3. The Kier molecular flexibility index (Phi) is 6.40. The van der Waals surface area contributed by atoms with Crippen molar-refractivity contribution in [3.63, 3.8) is 0 Å². The van der Waals surface area contributed by atoms with E-state index in [-0.39, 0.29) is 18.6 Å². The van der Waals surface area contributed by atoms with Gasteiger partial charge in [0.2, 0.25) is 5.82 Å². The summed E-state index contributed by atoms with van der Waals surface area (Å²) in [4.78, 5) is 13.2. The third-order valence-corrected chi connectivity index (χ3v) is 5.44. The number of aliphatic hydroxyl groups is 2. The number of aryl methyl sites for hydroxylation is 1. The van der Waals surface area contributed by atoms with Crippen LogP contribution in [-0.2, 0) is 0 Å². The number of hydrogen-bond acceptors (Lipinski definition) is 7. The van der Waals surface area contributed by atoms with Crippen LogP contribution in [0.3, 0.4) is 0 Å². The molecule has 2 N–H and O–H groups in total. The minimum absolute atomic E-state index is 0.0223. The fourth-order valence-electron chi connectivity index (χ4n) is 3.68. The average Bonchev–Trinajstić information content (AvgIpc) is 3.34. The smallest absolute Gasteiger partial charge is 0.204 e. The van der Waals surface area contributed by atoms with Crippen molar-refractivity contribution < 1.29 is 10.2 Å². The lowest BCUT2D eigenvalue weighted by molar-refractivity contribution is 0.281. The molecule has 172 valence electrons. The molecule has 0 amide bonds. The summed E-state index contributed by atoms with van der Waals surface area (Å²) in [7, 11) is 0. The van der Waals surface area contributed by atoms with E-state index in [0.717, 1.165) is 22.6 Å². The van der Waals surface area contributed by atoms with Crippen LogP contribution in [0.4, 0.5) is 11.4 Å². The number of benzene rings is 2. The normalized spacial score (nSPS) is 14.5. The van der Waals surface area contributed by atoms with Crippen molar-refractivity contribution in [2.75, 3.05) is 31.2 Å². The predicted molar refractivity (Wildman–Crippen MR) is 132 cm³/mol. The minimum Gasteiger partial charge on any atom is -0.395 e. The summed E-state index contributed by atoms with van der Waals surface area (Å²) < 4.78 is 0. The van der Waals surface area contributed by atoms with Gasteiger partial charge in [0, 0.05) is 29.8 Å². The topological polar surface area (TPSA) is 99.1 Å². The Balaban J connectivity index is 1.70. The number of aliphatic imine (C=N–C) groups is 1. The summed E-state index contributed by atoms with van der Waals surface area (Å²) in [6.45, 7) is 9.30. The third kappa shape index (κ3) is 4.86. The van der Waals surface area contributed by atoms with Gasteiger partial charge >= 0.3 is 0 Å². The summed E-state index contributed by atoms with van der Waals surface area (Å²) in [5.74, 6) is 1.25. The molecule has 0 radical (unpaired) electrons. The summed E-state index contributed by atoms with van der Waals surface area (Å²) >= 11 is 0. The second-order valence-corrected chi connectivity index (χ2v) is 9.12. The van der Waals surface area contributed by atoms with Crippen molar-refractivity contribution in [1.82, 2.24) is 14.9 Å². The molecule has 2 aromatic carbocycles. The average molecular weight is 447 g/mol. The number of fused-ring (bicyclic) bond motifs is 1. The van der Waals surface area contributed by atoms with Crippen molar-refractivity contribution >= 4 is 22.8 Å². The fourth-order valence-corrected chi connectivity index (χ4v) is 3.68. The highest BCUT2D eigenvalue weighted by molar-refractivity contribution is 6.50. The van der Waals surface area contributed by atoms with Crippen LogP contribution in [0.25, 0.3) is 11.4 Å². The van der Waals surface area contributed by atoms with Gasteiger partial charge in [-0.15, -0.1) is 9.89 Å². The van der Waals surface area contributed by atoms with Crippen molar-refractivity contribution in [2.24, 2.45) is 15.5 Å². The van der Waals surface area contributed by atoms with E-state index in [1.807, 2.05) is 60.4 Å². The van der Waals surface area contributed by atoms with E-state index in [4.69, 9.17) is 15.1 Å². The highest BCUT2D eigenvalue weighted by Gasteiger charge is 2.34. The molecular weight excluding hydrogens is 416 g/mol. The molecule has 33 heavy (non-hydrogen) atoms. The van der Waals surface area contributed by atoms with Gasteiger partial charge in [0.1, 0.15) is 5.71 Å². The van der Waals surface area contributed by atoms with Crippen LogP contribution in [0.15, 0.2) is 58.6 Å². The molecule has 0 fully saturated rings. The van der Waals surface area contributed by atoms with E-state index in [2.05, 4.69) is 25.9 Å². The molecule has 0 bridgehead atoms. The quantitative estimate of drug-likeness (QED) is 0.579. The van der Waals surface area contributed by atoms with Gasteiger partial charge in [0.15, 0.2) is 5.82 Å². The van der Waals surface area contributed by atoms with Crippen LogP contribution < -0.4 is 4.90 Å². The molecule has 0 atom stereocenters. The van der Waals surface area contributed by atoms with Gasteiger partial charge in [-0.05, 0) is 31.2 Å². The lowest BCUT2D eigenvalue weighted by atomic mass is 9.87. The predicted octanol–water partition coefficient (Wildman–Crippen LogP) is 3.43. The van der Waals surface area contributed by atoms with Gasteiger partial charge in [-0.1, -0.05) is 50.6 Å². The Hall–Kier alpha value is -3.36. The van der Waals surface area contributed by atoms with Crippen LogP contribution in [0.2, 0.25) is 0 Å². The van der Waals surface area contributed by atoms with E-state index in [1.54, 1.807) is 4.79 Å². The summed E-state index contributed by atoms with van der Waals surface area (Å²) in [5.41, 5.74) is 5.12. The zero-order valence-corrected chi connectivity index (χ0v) is 19.5. The molecule has 0 spiro atoms. The van der Waals surface area contributed by atoms with Crippen molar-refractivity contribution in [3.05, 3.63) is 59.9 Å². The van der Waals surface area contributed by atoms with Gasteiger partial charge in [-0.2, -0.15) is 5.10 Å². The van der Waals surface area contributed by atoms with E-state index in [0.29, 0.717) is 30.5 Å². The second-order valence-electron chi connectivity index (χ2n) is 9.12. The maximum absolute atomic E-state index is 9.29. The van der Waals surface area contributed by atoms with Crippen LogP contribution in [0, 0.1) is 12.3 Å². The lowest BCUT2D eigenvalue weighted by Crippen LogP contribution is -2.29. The zero-order chi connectivity index (χ0) is 23.6. The van der Waals surface area contributed by atoms with Crippen LogP contribution >= 0.6 is 0 Å². The molecular formula is C25H30N6O2. The fraction of sp³-hybridized carbons (Fsp3) is 0.360. The first kappa shape index (κ1) is 22.8. The number of hydrogen-bond donors (Lipinski definition) is 2. The highest BCUT2D eigenvalue weighted by Crippen LogP contribution is 2.29. The SMILES string of the molecule is Cc1ccc(-c2nc3n(n2)N=C(C(C)(C)C)C3=Nc2ccc(N(CCO)CCO)cc2)cc1. The van der Waals surface area contributed by atoms with Crippen LogP contribution in [0.1, 0.15) is 32.2 Å². The van der Waals surface area contributed by atoms with Gasteiger partial charge in [0.25, 0.3) is 0 Å². The minimum atomic E-state index is -0.232. The monoisotopic (exact) mass is 446 g/mol. The third-order valence-electron chi connectivity index (χ3n) is 5.44. The van der Waals surface area contributed by atoms with E-state index in [1.165, 1.54) is 5.56 Å². The van der Waals surface area contributed by atoms with Gasteiger partial charge in [-0.25, -0.2) is 9.98 Å². The molecule has 1 aliphatic rings. The van der Waals surface area contributed by atoms with E-state index < -0.39 is 0 Å². The first-order chi connectivity index (χ1) is 15.8. The van der Waals surface area contributed by atoms with E-state index in [9.17, 15) is 10.2 Å². The molecule has 1 aliphatic heterocycles. The molecule has 0 unspecified atom stereocenters. The summed E-state index contributed by atoms with van der Waals surface area (Å²) in [5, 5.41) is 27.9. The molecule has 8 heteroatoms. The van der Waals surface area contributed by atoms with Gasteiger partial charge < -0.3 is 15.1 Å². The van der Waals surface area contributed by atoms with Crippen molar-refractivity contribution in [3.8, 4) is 11.4 Å². The Bertz CT molecular complexity index is 1170. The molecule has 1 aromatic heterocycles. The highest BCUT2D eigenvalue weighted by atomic mass is 16.3. The lowest BCUT2D eigenvalue weighted by Gasteiger charge is -2.23. The Labute approximate surface area is 193 Å². The zero-order valence-electron chi connectivity index (χ0n) is 19.5. The number of rotatable bonds is 7. The molecule has 4 rings (SSSR count). The van der Waals surface area contributed by atoms with Gasteiger partial charge in [0.05, 0.1) is 24.6 Å². The number of anilines is 1. The van der Waals surface area contributed by atoms with Crippen LogP contribution in [0.5, 0.6) is 0 Å². The van der Waals surface area contributed by atoms with E-state index >= 15 is 0 Å². The van der Waals surface area contributed by atoms with Crippen molar-refractivity contribution in [1.29, 1.82) is 0 Å². The molecule has 0 aliphatic carbocycles. The number of nitrogens with zero attached hydrogens (tertiary/aromatic N) is 6. The molecule has 0 saturated heterocycles. The number of aliphatic hydroxyl groups excluding tert-OH is 2. The maximum Gasteiger partial charge on any atom is 0.204 e. The molecule has 3 aromatic rings. The maximum atomic E-state index is 9.29. The Morgan fingerprint density at radius 2 is 1.58 bits per heavy atom. The Morgan fingerprint density at radius 1 is 0.939 bits per heavy atom. The van der Waals surface area contributed by atoms with Crippen molar-refractivity contribution in [2.45, 2.75) is 27.7 Å². The van der Waals surface area contributed by atoms with Crippen LogP contribution in [-0.4, -0.2) is 62.8 Å². The summed E-state index contributed by atoms with van der Waals surface area (Å²) in [6.07, 6.45) is 0.